The van der Waals surface area contributed by atoms with Gasteiger partial charge in [-0.25, -0.2) is 4.79 Å². The van der Waals surface area contributed by atoms with Crippen LogP contribution in [0.3, 0.4) is 0 Å². The fourth-order valence-electron chi connectivity index (χ4n) is 1.92. The second-order valence-corrected chi connectivity index (χ2v) is 5.51. The molecule has 1 rings (SSSR count). The van der Waals surface area contributed by atoms with Crippen LogP contribution in [0.25, 0.3) is 0 Å². The Balaban J connectivity index is 2.77. The molecule has 1 amide bonds. The topological polar surface area (TPSA) is 88.2 Å². The second-order valence-electron chi connectivity index (χ2n) is 5.51. The Labute approximate surface area is 101 Å². The van der Waals surface area contributed by atoms with Crippen molar-refractivity contribution in [2.45, 2.75) is 45.8 Å². The van der Waals surface area contributed by atoms with Crippen LogP contribution in [0.1, 0.15) is 34.1 Å². The first-order valence-corrected chi connectivity index (χ1v) is 5.71. The molecule has 3 N–H and O–H groups in total. The van der Waals surface area contributed by atoms with E-state index in [0.29, 0.717) is 18.9 Å². The number of hydrogen-bond acceptors (Lipinski definition) is 4. The summed E-state index contributed by atoms with van der Waals surface area (Å²) in [6.45, 7) is 8.01. The van der Waals surface area contributed by atoms with Crippen molar-refractivity contribution < 1.29 is 14.7 Å². The van der Waals surface area contributed by atoms with Crippen molar-refractivity contribution in [3.8, 4) is 0 Å². The van der Waals surface area contributed by atoms with Crippen molar-refractivity contribution >= 4 is 11.9 Å². The number of nitrogens with zero attached hydrogens (tertiary/aromatic N) is 2. The van der Waals surface area contributed by atoms with E-state index in [1.165, 1.54) is 4.90 Å². The van der Waals surface area contributed by atoms with Crippen LogP contribution in [0, 0.1) is 5.92 Å². The predicted octanol–water partition coefficient (Wildman–Crippen LogP) is 1.38. The smallest absolute Gasteiger partial charge is 0.410 e. The van der Waals surface area contributed by atoms with E-state index in [4.69, 9.17) is 15.7 Å². The molecule has 2 atom stereocenters. The molecule has 1 fully saturated rings. The Hall–Kier alpha value is -1.46. The van der Waals surface area contributed by atoms with Gasteiger partial charge in [0.25, 0.3) is 0 Å². The Bertz CT molecular complexity index is 322. The summed E-state index contributed by atoms with van der Waals surface area (Å²) in [5.74, 6) is 0.369. The SMILES string of the molecule is CC1C[C@@H](/C(N)=N/O)N(C(=O)OC(C)(C)C)C1. The van der Waals surface area contributed by atoms with Gasteiger partial charge in [-0.2, -0.15) is 0 Å². The standard InChI is InChI=1S/C11H21N3O3/c1-7-5-8(9(12)13-16)14(6-7)10(15)17-11(2,3)4/h7-8,16H,5-6H2,1-4H3,(H2,12,13)/t7?,8-/m0/s1. The number of carbonyl (C=O) groups is 1. The number of carbonyl (C=O) groups excluding carboxylic acids is 1. The number of nitrogens with two attached hydrogens (primary N) is 1. The highest BCUT2D eigenvalue weighted by molar-refractivity contribution is 5.89. The van der Waals surface area contributed by atoms with Gasteiger partial charge in [0.05, 0.1) is 6.04 Å². The molecule has 0 bridgehead atoms. The lowest BCUT2D eigenvalue weighted by Crippen LogP contribution is -2.46. The van der Waals surface area contributed by atoms with E-state index >= 15 is 0 Å². The quantitative estimate of drug-likeness (QED) is 0.315. The zero-order valence-electron chi connectivity index (χ0n) is 10.8. The molecule has 1 aliphatic rings. The average molecular weight is 243 g/mol. The minimum Gasteiger partial charge on any atom is -0.444 e. The van der Waals surface area contributed by atoms with Crippen LogP contribution < -0.4 is 5.73 Å². The lowest BCUT2D eigenvalue weighted by Gasteiger charge is -2.27. The van der Waals surface area contributed by atoms with E-state index in [2.05, 4.69) is 5.16 Å². The van der Waals surface area contributed by atoms with Crippen LogP contribution >= 0.6 is 0 Å². The summed E-state index contributed by atoms with van der Waals surface area (Å²) in [7, 11) is 0. The summed E-state index contributed by atoms with van der Waals surface area (Å²) in [5, 5.41) is 11.7. The molecule has 0 aromatic rings. The lowest BCUT2D eigenvalue weighted by molar-refractivity contribution is 0.0259. The number of likely N-dealkylation sites (tertiary alicyclic amines) is 1. The molecule has 98 valence electrons. The molecule has 17 heavy (non-hydrogen) atoms. The van der Waals surface area contributed by atoms with E-state index in [-0.39, 0.29) is 11.9 Å². The number of amides is 1. The number of amidine groups is 1. The summed E-state index contributed by atoms with van der Waals surface area (Å²) in [6.07, 6.45) is 0.272. The first kappa shape index (κ1) is 13.6. The van der Waals surface area contributed by atoms with Gasteiger partial charge in [0.15, 0.2) is 5.84 Å². The third-order valence-corrected chi connectivity index (χ3v) is 2.60. The third-order valence-electron chi connectivity index (χ3n) is 2.60. The summed E-state index contributed by atoms with van der Waals surface area (Å²) < 4.78 is 5.29. The summed E-state index contributed by atoms with van der Waals surface area (Å²) in [5.41, 5.74) is 5.04. The Morgan fingerprint density at radius 2 is 2.12 bits per heavy atom. The monoisotopic (exact) mass is 243 g/mol. The molecule has 0 saturated carbocycles. The number of oxime groups is 1. The van der Waals surface area contributed by atoms with E-state index in [1.54, 1.807) is 0 Å². The van der Waals surface area contributed by atoms with Crippen LogP contribution in [0.4, 0.5) is 4.79 Å². The Morgan fingerprint density at radius 1 is 1.53 bits per heavy atom. The first-order valence-electron chi connectivity index (χ1n) is 5.71. The molecular formula is C11H21N3O3. The summed E-state index contributed by atoms with van der Waals surface area (Å²) in [4.78, 5) is 13.5. The van der Waals surface area contributed by atoms with Crippen LogP contribution in [-0.2, 0) is 4.74 Å². The van der Waals surface area contributed by atoms with Crippen molar-refractivity contribution in [2.24, 2.45) is 16.8 Å². The maximum Gasteiger partial charge on any atom is 0.410 e. The molecule has 0 aromatic carbocycles. The molecular weight excluding hydrogens is 222 g/mol. The largest absolute Gasteiger partial charge is 0.444 e. The number of rotatable bonds is 1. The van der Waals surface area contributed by atoms with E-state index in [0.717, 1.165) is 0 Å². The maximum atomic E-state index is 11.9. The Morgan fingerprint density at radius 3 is 2.59 bits per heavy atom. The van der Waals surface area contributed by atoms with Crippen molar-refractivity contribution in [3.63, 3.8) is 0 Å². The van der Waals surface area contributed by atoms with Gasteiger partial charge in [-0.05, 0) is 33.1 Å². The van der Waals surface area contributed by atoms with Crippen LogP contribution in [-0.4, -0.2) is 40.2 Å². The van der Waals surface area contributed by atoms with Gasteiger partial charge in [0, 0.05) is 6.54 Å². The highest BCUT2D eigenvalue weighted by atomic mass is 16.6. The normalized spacial score (nSPS) is 26.1. The predicted molar refractivity (Wildman–Crippen MR) is 63.9 cm³/mol. The van der Waals surface area contributed by atoms with Crippen molar-refractivity contribution in [2.75, 3.05) is 6.54 Å². The zero-order chi connectivity index (χ0) is 13.2. The van der Waals surface area contributed by atoms with Gasteiger partial charge in [0.1, 0.15) is 5.60 Å². The molecule has 0 aliphatic carbocycles. The average Bonchev–Trinajstić information content (AvgIpc) is 2.56. The van der Waals surface area contributed by atoms with Gasteiger partial charge in [-0.15, -0.1) is 0 Å². The number of hydrogen-bond donors (Lipinski definition) is 2. The molecule has 6 heteroatoms. The van der Waals surface area contributed by atoms with Gasteiger partial charge in [-0.1, -0.05) is 12.1 Å². The minimum atomic E-state index is -0.543. The molecule has 0 aromatic heterocycles. The van der Waals surface area contributed by atoms with Gasteiger partial charge in [0.2, 0.25) is 0 Å². The maximum absolute atomic E-state index is 11.9. The van der Waals surface area contributed by atoms with Crippen molar-refractivity contribution in [1.82, 2.24) is 4.90 Å². The van der Waals surface area contributed by atoms with Gasteiger partial charge >= 0.3 is 6.09 Å². The Kier molecular flexibility index (Phi) is 3.85. The second kappa shape index (κ2) is 4.81. The molecule has 1 saturated heterocycles. The van der Waals surface area contributed by atoms with Crippen molar-refractivity contribution in [1.29, 1.82) is 0 Å². The molecule has 6 nitrogen and oxygen atoms in total. The summed E-state index contributed by atoms with van der Waals surface area (Å²) >= 11 is 0. The fraction of sp³-hybridized carbons (Fsp3) is 0.818. The zero-order valence-corrected chi connectivity index (χ0v) is 10.8. The van der Waals surface area contributed by atoms with Crippen LogP contribution in [0.15, 0.2) is 5.16 Å². The molecule has 0 radical (unpaired) electrons. The van der Waals surface area contributed by atoms with E-state index in [1.807, 2.05) is 27.7 Å². The van der Waals surface area contributed by atoms with E-state index < -0.39 is 11.7 Å². The molecule has 1 heterocycles. The third kappa shape index (κ3) is 3.51. The first-order chi connectivity index (χ1) is 7.74. The molecule has 0 spiro atoms. The van der Waals surface area contributed by atoms with E-state index in [9.17, 15) is 4.79 Å². The van der Waals surface area contributed by atoms with Gasteiger partial charge in [-0.3, -0.25) is 4.90 Å². The lowest BCUT2D eigenvalue weighted by atomic mass is 10.1. The van der Waals surface area contributed by atoms with Crippen molar-refractivity contribution in [3.05, 3.63) is 0 Å². The highest BCUT2D eigenvalue weighted by Gasteiger charge is 2.38. The molecule has 1 unspecified atom stereocenters. The molecule has 1 aliphatic heterocycles. The summed E-state index contributed by atoms with van der Waals surface area (Å²) in [6, 6.07) is -0.371. The van der Waals surface area contributed by atoms with Gasteiger partial charge < -0.3 is 15.7 Å². The number of ether oxygens (including phenoxy) is 1. The minimum absolute atomic E-state index is 0.0557. The highest BCUT2D eigenvalue weighted by Crippen LogP contribution is 2.25. The van der Waals surface area contributed by atoms with Crippen LogP contribution in [0.2, 0.25) is 0 Å². The fourth-order valence-corrected chi connectivity index (χ4v) is 1.92. The van der Waals surface area contributed by atoms with Crippen LogP contribution in [0.5, 0.6) is 0 Å².